The smallest absolute Gasteiger partial charge is 0.241 e. The summed E-state index contributed by atoms with van der Waals surface area (Å²) in [7, 11) is 1.93. The number of thiophene rings is 1. The van der Waals surface area contributed by atoms with E-state index < -0.39 is 0 Å². The molecule has 0 aliphatic rings. The summed E-state index contributed by atoms with van der Waals surface area (Å²) < 4.78 is 0. The Morgan fingerprint density at radius 2 is 2.10 bits per heavy atom. The second-order valence-electron chi connectivity index (χ2n) is 4.85. The predicted molar refractivity (Wildman–Crippen MR) is 85.0 cm³/mol. The first-order valence-electron chi connectivity index (χ1n) is 6.64. The van der Waals surface area contributed by atoms with Gasteiger partial charge in [0, 0.05) is 17.1 Å². The average Bonchev–Trinajstić information content (AvgIpc) is 3.00. The molecule has 0 aliphatic carbocycles. The molecule has 1 aromatic heterocycles. The van der Waals surface area contributed by atoms with Crippen molar-refractivity contribution in [3.05, 3.63) is 52.2 Å². The topological polar surface area (TPSA) is 56.1 Å². The molecule has 2 aromatic rings. The Morgan fingerprint density at radius 1 is 1.38 bits per heavy atom. The van der Waals surface area contributed by atoms with E-state index in [9.17, 15) is 4.79 Å². The van der Waals surface area contributed by atoms with Crippen LogP contribution in [-0.2, 0) is 11.3 Å². The first kappa shape index (κ1) is 15.2. The molecule has 4 nitrogen and oxygen atoms in total. The molecule has 21 heavy (non-hydrogen) atoms. The van der Waals surface area contributed by atoms with Crippen LogP contribution in [0.5, 0.6) is 0 Å². The number of likely N-dealkylation sites (N-methyl/N-ethyl adjacent to an activating group) is 1. The van der Waals surface area contributed by atoms with E-state index in [2.05, 4.69) is 17.5 Å². The number of amides is 1. The van der Waals surface area contributed by atoms with E-state index >= 15 is 0 Å². The molecule has 0 spiro atoms. The Labute approximate surface area is 128 Å². The van der Waals surface area contributed by atoms with Crippen molar-refractivity contribution in [3.63, 3.8) is 0 Å². The van der Waals surface area contributed by atoms with Crippen molar-refractivity contribution in [3.8, 4) is 6.07 Å². The van der Waals surface area contributed by atoms with E-state index in [1.807, 2.05) is 30.3 Å². The molecule has 5 heteroatoms. The van der Waals surface area contributed by atoms with Crippen LogP contribution in [0.25, 0.3) is 0 Å². The number of hydrogen-bond acceptors (Lipinski definition) is 4. The minimum Gasteiger partial charge on any atom is -0.325 e. The number of nitrogens with zero attached hydrogens (tertiary/aromatic N) is 2. The number of hydrogen-bond donors (Lipinski definition) is 1. The summed E-state index contributed by atoms with van der Waals surface area (Å²) in [5, 5.41) is 13.7. The molecule has 0 unspecified atom stereocenters. The number of rotatable bonds is 5. The lowest BCUT2D eigenvalue weighted by molar-refractivity contribution is -0.120. The normalized spacial score (nSPS) is 11.9. The van der Waals surface area contributed by atoms with E-state index in [0.717, 1.165) is 6.54 Å². The molecule has 1 aromatic carbocycles. The van der Waals surface area contributed by atoms with Crippen molar-refractivity contribution < 1.29 is 4.79 Å². The van der Waals surface area contributed by atoms with Crippen molar-refractivity contribution in [2.45, 2.75) is 19.5 Å². The third-order valence-electron chi connectivity index (χ3n) is 3.31. The molecule has 0 fully saturated rings. The number of carbonyl (C=O) groups excluding carboxylic acids is 1. The predicted octanol–water partition coefficient (Wildman–Crippen LogP) is 3.08. The molecule has 0 aliphatic heterocycles. The van der Waals surface area contributed by atoms with E-state index in [-0.39, 0.29) is 11.9 Å². The van der Waals surface area contributed by atoms with Gasteiger partial charge < -0.3 is 5.32 Å². The maximum atomic E-state index is 12.2. The summed E-state index contributed by atoms with van der Waals surface area (Å²) in [5.41, 5.74) is 1.28. The summed E-state index contributed by atoms with van der Waals surface area (Å²) >= 11 is 1.68. The zero-order valence-corrected chi connectivity index (χ0v) is 12.9. The molecule has 0 saturated heterocycles. The molecule has 1 atom stereocenters. The molecule has 1 amide bonds. The monoisotopic (exact) mass is 299 g/mol. The van der Waals surface area contributed by atoms with Gasteiger partial charge in [-0.1, -0.05) is 6.07 Å². The first-order valence-corrected chi connectivity index (χ1v) is 7.52. The van der Waals surface area contributed by atoms with Crippen molar-refractivity contribution in [1.82, 2.24) is 4.90 Å². The van der Waals surface area contributed by atoms with Gasteiger partial charge in [0.05, 0.1) is 17.7 Å². The van der Waals surface area contributed by atoms with Crippen LogP contribution in [0.3, 0.4) is 0 Å². The van der Waals surface area contributed by atoms with Crippen LogP contribution in [0.15, 0.2) is 41.8 Å². The van der Waals surface area contributed by atoms with E-state index in [1.54, 1.807) is 35.6 Å². The largest absolute Gasteiger partial charge is 0.325 e. The Bertz CT molecular complexity index is 629. The lowest BCUT2D eigenvalue weighted by Gasteiger charge is -2.23. The minimum atomic E-state index is -0.234. The zero-order chi connectivity index (χ0) is 15.2. The van der Waals surface area contributed by atoms with Gasteiger partial charge in [0.15, 0.2) is 0 Å². The molecule has 1 heterocycles. The van der Waals surface area contributed by atoms with Gasteiger partial charge in [0.1, 0.15) is 0 Å². The van der Waals surface area contributed by atoms with Gasteiger partial charge >= 0.3 is 0 Å². The van der Waals surface area contributed by atoms with Gasteiger partial charge in [-0.3, -0.25) is 9.69 Å². The second kappa shape index (κ2) is 7.02. The van der Waals surface area contributed by atoms with Gasteiger partial charge in [-0.25, -0.2) is 0 Å². The van der Waals surface area contributed by atoms with Crippen LogP contribution in [-0.4, -0.2) is 23.9 Å². The van der Waals surface area contributed by atoms with Crippen molar-refractivity contribution in [2.24, 2.45) is 0 Å². The van der Waals surface area contributed by atoms with E-state index in [0.29, 0.717) is 11.3 Å². The SMILES string of the molecule is C[C@@H](C(=O)Nc1ccc(C#N)cc1)N(C)Cc1cccs1. The van der Waals surface area contributed by atoms with Crippen molar-refractivity contribution in [1.29, 1.82) is 5.26 Å². The van der Waals surface area contributed by atoms with Crippen LogP contribution in [0.4, 0.5) is 5.69 Å². The quantitative estimate of drug-likeness (QED) is 0.923. The molecule has 2 rings (SSSR count). The Kier molecular flexibility index (Phi) is 5.09. The molecule has 0 bridgehead atoms. The van der Waals surface area contributed by atoms with Crippen LogP contribution in [0.2, 0.25) is 0 Å². The molecule has 108 valence electrons. The molecular weight excluding hydrogens is 282 g/mol. The van der Waals surface area contributed by atoms with Crippen molar-refractivity contribution in [2.75, 3.05) is 12.4 Å². The minimum absolute atomic E-state index is 0.0567. The number of anilines is 1. The lowest BCUT2D eigenvalue weighted by Crippen LogP contribution is -2.39. The zero-order valence-electron chi connectivity index (χ0n) is 12.0. The first-order chi connectivity index (χ1) is 10.1. The maximum absolute atomic E-state index is 12.2. The summed E-state index contributed by atoms with van der Waals surface area (Å²) in [6.07, 6.45) is 0. The average molecular weight is 299 g/mol. The molecular formula is C16H17N3OS. The third kappa shape index (κ3) is 4.15. The lowest BCUT2D eigenvalue weighted by atomic mass is 10.2. The van der Waals surface area contributed by atoms with Crippen molar-refractivity contribution >= 4 is 22.9 Å². The van der Waals surface area contributed by atoms with Crippen LogP contribution < -0.4 is 5.32 Å². The number of nitrogens with one attached hydrogen (secondary N) is 1. The number of benzene rings is 1. The van der Waals surface area contributed by atoms with E-state index in [1.165, 1.54) is 4.88 Å². The van der Waals surface area contributed by atoms with Gasteiger partial charge in [-0.15, -0.1) is 11.3 Å². The van der Waals surface area contributed by atoms with Gasteiger partial charge in [-0.2, -0.15) is 5.26 Å². The fraction of sp³-hybridized carbons (Fsp3) is 0.250. The summed E-state index contributed by atoms with van der Waals surface area (Å²) in [6.45, 7) is 2.63. The van der Waals surface area contributed by atoms with Gasteiger partial charge in [-0.05, 0) is 49.7 Å². The highest BCUT2D eigenvalue weighted by Crippen LogP contribution is 2.14. The number of carbonyl (C=O) groups is 1. The van der Waals surface area contributed by atoms with Crippen LogP contribution in [0, 0.1) is 11.3 Å². The Hall–Kier alpha value is -2.16. The van der Waals surface area contributed by atoms with Gasteiger partial charge in [0.25, 0.3) is 0 Å². The fourth-order valence-electron chi connectivity index (χ4n) is 1.86. The molecule has 0 radical (unpaired) electrons. The molecule has 1 N–H and O–H groups in total. The summed E-state index contributed by atoms with van der Waals surface area (Å²) in [4.78, 5) is 15.5. The Morgan fingerprint density at radius 3 is 2.67 bits per heavy atom. The van der Waals surface area contributed by atoms with E-state index in [4.69, 9.17) is 5.26 Å². The highest BCUT2D eigenvalue weighted by Gasteiger charge is 2.18. The van der Waals surface area contributed by atoms with Crippen LogP contribution >= 0.6 is 11.3 Å². The number of nitriles is 1. The third-order valence-corrected chi connectivity index (χ3v) is 4.17. The summed E-state index contributed by atoms with van der Waals surface area (Å²) in [6, 6.07) is 12.7. The Balaban J connectivity index is 1.93. The fourth-order valence-corrected chi connectivity index (χ4v) is 2.63. The second-order valence-corrected chi connectivity index (χ2v) is 5.88. The highest BCUT2D eigenvalue weighted by molar-refractivity contribution is 7.09. The maximum Gasteiger partial charge on any atom is 0.241 e. The standard InChI is InChI=1S/C16H17N3OS/c1-12(19(2)11-15-4-3-9-21-15)16(20)18-14-7-5-13(10-17)6-8-14/h3-9,12H,11H2,1-2H3,(H,18,20)/t12-/m0/s1. The van der Waals surface area contributed by atoms with Crippen LogP contribution in [0.1, 0.15) is 17.4 Å². The highest BCUT2D eigenvalue weighted by atomic mass is 32.1. The summed E-state index contributed by atoms with van der Waals surface area (Å²) in [5.74, 6) is -0.0567. The molecule has 0 saturated carbocycles. The van der Waals surface area contributed by atoms with Gasteiger partial charge in [0.2, 0.25) is 5.91 Å².